The van der Waals surface area contributed by atoms with E-state index in [1.807, 2.05) is 36.6 Å². The average molecular weight is 508 g/mol. The van der Waals surface area contributed by atoms with E-state index in [0.717, 1.165) is 5.56 Å². The number of anilines is 1. The number of allylic oxidation sites excluding steroid dienone is 1. The first-order valence-corrected chi connectivity index (χ1v) is 12.4. The Kier molecular flexibility index (Phi) is 9.40. The standard InChI is InChI=1S/C26H29N5O4S/c1-5-13-31-23(18(4)27-24(33)19-10-7-9-17(3)14-19)29-30-26(31)36-16-22(32)28-21-12-8-11-20(15-21)25(34)35-6-2/h5,7-12,14-15,18H,1,6,13,16H2,2-4H3,(H,27,33)(H,28,32)/t18-/m1/s1. The molecule has 10 heteroatoms. The molecular weight excluding hydrogens is 478 g/mol. The van der Waals surface area contributed by atoms with Gasteiger partial charge in [0.15, 0.2) is 11.0 Å². The number of benzene rings is 2. The molecule has 0 spiro atoms. The van der Waals surface area contributed by atoms with Crippen molar-refractivity contribution in [2.45, 2.75) is 38.5 Å². The van der Waals surface area contributed by atoms with Gasteiger partial charge < -0.3 is 19.9 Å². The zero-order valence-corrected chi connectivity index (χ0v) is 21.3. The van der Waals surface area contributed by atoms with Crippen molar-refractivity contribution in [3.8, 4) is 0 Å². The second-order valence-corrected chi connectivity index (χ2v) is 8.89. The first-order valence-electron chi connectivity index (χ1n) is 11.4. The number of hydrogen-bond donors (Lipinski definition) is 2. The normalized spacial score (nSPS) is 11.4. The molecule has 0 radical (unpaired) electrons. The predicted molar refractivity (Wildman–Crippen MR) is 139 cm³/mol. The fraction of sp³-hybridized carbons (Fsp3) is 0.269. The molecule has 2 N–H and O–H groups in total. The highest BCUT2D eigenvalue weighted by Gasteiger charge is 2.20. The van der Waals surface area contributed by atoms with E-state index in [1.165, 1.54) is 11.8 Å². The Morgan fingerprint density at radius 3 is 2.61 bits per heavy atom. The summed E-state index contributed by atoms with van der Waals surface area (Å²) in [6.07, 6.45) is 1.70. The van der Waals surface area contributed by atoms with Gasteiger partial charge in [0, 0.05) is 17.8 Å². The summed E-state index contributed by atoms with van der Waals surface area (Å²) >= 11 is 1.21. The first-order chi connectivity index (χ1) is 17.3. The molecular formula is C26H29N5O4S. The first kappa shape index (κ1) is 26.7. The maximum atomic E-state index is 12.7. The maximum absolute atomic E-state index is 12.7. The second kappa shape index (κ2) is 12.7. The molecule has 2 amide bonds. The van der Waals surface area contributed by atoms with E-state index >= 15 is 0 Å². The zero-order valence-electron chi connectivity index (χ0n) is 20.5. The molecule has 0 saturated heterocycles. The molecule has 1 atom stereocenters. The highest BCUT2D eigenvalue weighted by atomic mass is 32.2. The topological polar surface area (TPSA) is 115 Å². The third kappa shape index (κ3) is 7.05. The van der Waals surface area contributed by atoms with Gasteiger partial charge in [0.1, 0.15) is 0 Å². The van der Waals surface area contributed by atoms with Gasteiger partial charge in [-0.25, -0.2) is 4.79 Å². The maximum Gasteiger partial charge on any atom is 0.338 e. The lowest BCUT2D eigenvalue weighted by atomic mass is 10.1. The molecule has 188 valence electrons. The predicted octanol–water partition coefficient (Wildman–Crippen LogP) is 4.17. The van der Waals surface area contributed by atoms with Gasteiger partial charge in [0.2, 0.25) is 5.91 Å². The van der Waals surface area contributed by atoms with E-state index < -0.39 is 12.0 Å². The summed E-state index contributed by atoms with van der Waals surface area (Å²) in [5.74, 6) is -0.296. The monoisotopic (exact) mass is 507 g/mol. The van der Waals surface area contributed by atoms with Gasteiger partial charge in [-0.3, -0.25) is 9.59 Å². The number of aryl methyl sites for hydroxylation is 1. The van der Waals surface area contributed by atoms with Gasteiger partial charge in [-0.2, -0.15) is 0 Å². The molecule has 2 aromatic carbocycles. The molecule has 36 heavy (non-hydrogen) atoms. The highest BCUT2D eigenvalue weighted by Crippen LogP contribution is 2.22. The van der Waals surface area contributed by atoms with Crippen LogP contribution in [0.15, 0.2) is 66.3 Å². The van der Waals surface area contributed by atoms with Crippen LogP contribution in [0.25, 0.3) is 0 Å². The number of aromatic nitrogens is 3. The number of ether oxygens (including phenoxy) is 1. The molecule has 0 saturated carbocycles. The fourth-order valence-corrected chi connectivity index (χ4v) is 4.18. The molecule has 0 aliphatic rings. The molecule has 0 aliphatic carbocycles. The number of carbonyl (C=O) groups excluding carboxylic acids is 3. The van der Waals surface area contributed by atoms with Gasteiger partial charge in [-0.15, -0.1) is 16.8 Å². The number of amides is 2. The smallest absolute Gasteiger partial charge is 0.338 e. The third-order valence-corrected chi connectivity index (χ3v) is 6.03. The number of thioether (sulfide) groups is 1. The van der Waals surface area contributed by atoms with Crippen LogP contribution in [0.5, 0.6) is 0 Å². The van der Waals surface area contributed by atoms with E-state index in [9.17, 15) is 14.4 Å². The summed E-state index contributed by atoms with van der Waals surface area (Å²) in [5.41, 5.74) is 2.41. The van der Waals surface area contributed by atoms with Crippen molar-refractivity contribution in [3.63, 3.8) is 0 Å². The van der Waals surface area contributed by atoms with Gasteiger partial charge in [0.05, 0.1) is 24.0 Å². The molecule has 9 nitrogen and oxygen atoms in total. The van der Waals surface area contributed by atoms with E-state index in [2.05, 4.69) is 27.4 Å². The van der Waals surface area contributed by atoms with Crippen LogP contribution >= 0.6 is 11.8 Å². The van der Waals surface area contributed by atoms with Crippen molar-refractivity contribution in [2.75, 3.05) is 17.7 Å². The summed E-state index contributed by atoms with van der Waals surface area (Å²) in [4.78, 5) is 37.1. The van der Waals surface area contributed by atoms with Crippen LogP contribution in [0, 0.1) is 6.92 Å². The van der Waals surface area contributed by atoms with Crippen molar-refractivity contribution < 1.29 is 19.1 Å². The van der Waals surface area contributed by atoms with Crippen molar-refractivity contribution in [2.24, 2.45) is 0 Å². The lowest BCUT2D eigenvalue weighted by molar-refractivity contribution is -0.113. The quantitative estimate of drug-likeness (QED) is 0.227. The summed E-state index contributed by atoms with van der Waals surface area (Å²) < 4.78 is 6.81. The van der Waals surface area contributed by atoms with Gasteiger partial charge in [-0.05, 0) is 51.1 Å². The summed E-state index contributed by atoms with van der Waals surface area (Å²) in [5, 5.41) is 14.7. The van der Waals surface area contributed by atoms with E-state index in [4.69, 9.17) is 4.74 Å². The van der Waals surface area contributed by atoms with Crippen LogP contribution in [0.4, 0.5) is 5.69 Å². The minimum atomic E-state index is -0.448. The Bertz CT molecular complexity index is 1260. The summed E-state index contributed by atoms with van der Waals surface area (Å²) in [7, 11) is 0. The van der Waals surface area contributed by atoms with Crippen molar-refractivity contribution >= 4 is 35.2 Å². The Hall–Kier alpha value is -3.92. The fourth-order valence-electron chi connectivity index (χ4n) is 3.42. The largest absolute Gasteiger partial charge is 0.462 e. The number of hydrogen-bond acceptors (Lipinski definition) is 7. The number of nitrogens with zero attached hydrogens (tertiary/aromatic N) is 3. The van der Waals surface area contributed by atoms with E-state index in [-0.39, 0.29) is 24.2 Å². The van der Waals surface area contributed by atoms with Crippen molar-refractivity contribution in [3.05, 3.63) is 83.7 Å². The Balaban J connectivity index is 1.64. The second-order valence-electron chi connectivity index (χ2n) is 7.94. The lowest BCUT2D eigenvalue weighted by Crippen LogP contribution is -2.29. The summed E-state index contributed by atoms with van der Waals surface area (Å²) in [6, 6.07) is 13.5. The Morgan fingerprint density at radius 2 is 1.89 bits per heavy atom. The van der Waals surface area contributed by atoms with Crippen LogP contribution in [0.3, 0.4) is 0 Å². The average Bonchev–Trinajstić information content (AvgIpc) is 3.26. The zero-order chi connectivity index (χ0) is 26.1. The number of carbonyl (C=O) groups is 3. The molecule has 0 unspecified atom stereocenters. The number of esters is 1. The highest BCUT2D eigenvalue weighted by molar-refractivity contribution is 7.99. The minimum absolute atomic E-state index is 0.0724. The van der Waals surface area contributed by atoms with Crippen molar-refractivity contribution in [1.82, 2.24) is 20.1 Å². The Morgan fingerprint density at radius 1 is 1.14 bits per heavy atom. The molecule has 0 fully saturated rings. The van der Waals surface area contributed by atoms with Crippen LogP contribution in [0.2, 0.25) is 0 Å². The molecule has 3 aromatic rings. The SMILES string of the molecule is C=CCn1c(SCC(=O)Nc2cccc(C(=O)OCC)c2)nnc1[C@@H](C)NC(=O)c1cccc(C)c1. The summed E-state index contributed by atoms with van der Waals surface area (Å²) in [6.45, 7) is 9.97. The molecule has 0 aliphatic heterocycles. The van der Waals surface area contributed by atoms with Crippen LogP contribution in [-0.4, -0.2) is 44.9 Å². The molecule has 0 bridgehead atoms. The van der Waals surface area contributed by atoms with Crippen LogP contribution in [-0.2, 0) is 16.1 Å². The number of nitrogens with one attached hydrogen (secondary N) is 2. The van der Waals surface area contributed by atoms with Crippen molar-refractivity contribution in [1.29, 1.82) is 0 Å². The third-order valence-electron chi connectivity index (χ3n) is 5.06. The lowest BCUT2D eigenvalue weighted by Gasteiger charge is -2.15. The molecule has 1 aromatic heterocycles. The van der Waals surface area contributed by atoms with E-state index in [1.54, 1.807) is 43.3 Å². The molecule has 1 heterocycles. The van der Waals surface area contributed by atoms with Crippen LogP contribution in [0.1, 0.15) is 52.0 Å². The van der Waals surface area contributed by atoms with Crippen LogP contribution < -0.4 is 10.6 Å². The minimum Gasteiger partial charge on any atom is -0.462 e. The molecule has 3 rings (SSSR count). The van der Waals surface area contributed by atoms with Gasteiger partial charge in [-0.1, -0.05) is 41.6 Å². The Labute approximate surface area is 214 Å². The van der Waals surface area contributed by atoms with Gasteiger partial charge in [0.25, 0.3) is 5.91 Å². The van der Waals surface area contributed by atoms with Gasteiger partial charge >= 0.3 is 5.97 Å². The number of rotatable bonds is 11. The van der Waals surface area contributed by atoms with E-state index in [0.29, 0.717) is 34.3 Å².